The largest absolute Gasteiger partial charge is 0.423 e. The Bertz CT molecular complexity index is 110. The molecule has 9 heavy (non-hydrogen) atoms. The molecule has 0 radical (unpaired) electrons. The third kappa shape index (κ3) is 1.87. The minimum Gasteiger partial charge on any atom is -0.350 e. The van der Waals surface area contributed by atoms with Crippen LogP contribution in [-0.4, -0.2) is 30.9 Å². The maximum atomic E-state index is 10.1. The Kier molecular flexibility index (Phi) is 1.86. The van der Waals surface area contributed by atoms with E-state index in [1.54, 1.807) is 0 Å². The van der Waals surface area contributed by atoms with Crippen molar-refractivity contribution in [3.05, 3.63) is 0 Å². The van der Waals surface area contributed by atoms with Gasteiger partial charge in [0.25, 0.3) is 0 Å². The fourth-order valence-corrected chi connectivity index (χ4v) is 0.692. The lowest BCUT2D eigenvalue weighted by Crippen LogP contribution is -2.29. The van der Waals surface area contributed by atoms with Gasteiger partial charge >= 0.3 is 6.09 Å². The van der Waals surface area contributed by atoms with Gasteiger partial charge in [0.1, 0.15) is 0 Å². The Labute approximate surface area is 52.7 Å². The summed E-state index contributed by atoms with van der Waals surface area (Å²) >= 11 is 0. The van der Waals surface area contributed by atoms with Crippen molar-refractivity contribution in [3.8, 4) is 0 Å². The van der Waals surface area contributed by atoms with Gasteiger partial charge in [-0.2, -0.15) is 0 Å². The highest BCUT2D eigenvalue weighted by molar-refractivity contribution is 5.64. The Morgan fingerprint density at radius 3 is 3.00 bits per heavy atom. The summed E-state index contributed by atoms with van der Waals surface area (Å²) in [5, 5.41) is 4.45. The molecule has 0 bridgehead atoms. The van der Waals surface area contributed by atoms with E-state index in [0.29, 0.717) is 13.2 Å². The number of nitrogens with two attached hydrogens (primary N) is 1. The Hall–Kier alpha value is -0.810. The molecule has 1 aliphatic heterocycles. The van der Waals surface area contributed by atoms with Gasteiger partial charge in [0.2, 0.25) is 0 Å². The number of carbonyl (C=O) groups is 1. The van der Waals surface area contributed by atoms with Crippen LogP contribution in [0.2, 0.25) is 0 Å². The molecule has 0 aliphatic carbocycles. The first kappa shape index (κ1) is 6.31. The van der Waals surface area contributed by atoms with Crippen molar-refractivity contribution in [1.82, 2.24) is 10.4 Å². The molecule has 0 spiro atoms. The second-order valence-electron chi connectivity index (χ2n) is 1.77. The maximum absolute atomic E-state index is 10.1. The first-order valence-corrected chi connectivity index (χ1v) is 2.72. The second-order valence-corrected chi connectivity index (χ2v) is 1.77. The van der Waals surface area contributed by atoms with Crippen molar-refractivity contribution in [1.29, 1.82) is 0 Å². The molecule has 1 rings (SSSR count). The topological polar surface area (TPSA) is 67.6 Å². The summed E-state index contributed by atoms with van der Waals surface area (Å²) in [5.41, 5.74) is 4.74. The Balaban J connectivity index is 2.19. The van der Waals surface area contributed by atoms with E-state index in [1.165, 1.54) is 5.06 Å². The Morgan fingerprint density at radius 1 is 1.78 bits per heavy atom. The molecule has 1 amide bonds. The van der Waals surface area contributed by atoms with Crippen LogP contribution in [0.5, 0.6) is 0 Å². The van der Waals surface area contributed by atoms with Gasteiger partial charge in [0.05, 0.1) is 6.67 Å². The number of hydrogen-bond donors (Lipinski definition) is 2. The third-order valence-electron chi connectivity index (χ3n) is 1.05. The molecule has 1 heterocycles. The normalized spacial score (nSPS) is 20.0. The fraction of sp³-hybridized carbons (Fsp3) is 0.750. The van der Waals surface area contributed by atoms with Crippen LogP contribution in [0.3, 0.4) is 0 Å². The van der Waals surface area contributed by atoms with E-state index < -0.39 is 6.09 Å². The monoisotopic (exact) mass is 131 g/mol. The van der Waals surface area contributed by atoms with Gasteiger partial charge in [-0.1, -0.05) is 0 Å². The summed E-state index contributed by atoms with van der Waals surface area (Å²) in [7, 11) is 0. The highest BCUT2D eigenvalue weighted by Crippen LogP contribution is 1.91. The van der Waals surface area contributed by atoms with Gasteiger partial charge in [0.15, 0.2) is 0 Å². The molecule has 0 atom stereocenters. The van der Waals surface area contributed by atoms with Crippen molar-refractivity contribution in [2.45, 2.75) is 0 Å². The predicted molar refractivity (Wildman–Crippen MR) is 30.2 cm³/mol. The lowest BCUT2D eigenvalue weighted by Gasteiger charge is -2.09. The van der Waals surface area contributed by atoms with Crippen molar-refractivity contribution < 1.29 is 9.63 Å². The van der Waals surface area contributed by atoms with E-state index >= 15 is 0 Å². The number of rotatable bonds is 1. The molecular weight excluding hydrogens is 122 g/mol. The molecule has 52 valence electrons. The first-order valence-electron chi connectivity index (χ1n) is 2.72. The molecule has 0 aromatic rings. The van der Waals surface area contributed by atoms with Crippen LogP contribution in [-0.2, 0) is 4.84 Å². The minimum absolute atomic E-state index is 0.572. The average Bonchev–Trinajstić information content (AvgIpc) is 2.15. The van der Waals surface area contributed by atoms with Crippen molar-refractivity contribution >= 4 is 6.09 Å². The lowest BCUT2D eigenvalue weighted by atomic mass is 10.7. The number of hydrogen-bond acceptors (Lipinski definition) is 4. The van der Waals surface area contributed by atoms with Crippen LogP contribution in [0.15, 0.2) is 0 Å². The van der Waals surface area contributed by atoms with Gasteiger partial charge < -0.3 is 15.9 Å². The third-order valence-corrected chi connectivity index (χ3v) is 1.05. The van der Waals surface area contributed by atoms with Crippen LogP contribution in [0.1, 0.15) is 0 Å². The first-order chi connectivity index (χ1) is 4.29. The number of primary amides is 1. The highest BCUT2D eigenvalue weighted by atomic mass is 16.7. The van der Waals surface area contributed by atoms with E-state index in [2.05, 4.69) is 10.2 Å². The zero-order chi connectivity index (χ0) is 6.69. The van der Waals surface area contributed by atoms with Crippen LogP contribution in [0, 0.1) is 0 Å². The minimum atomic E-state index is -0.751. The van der Waals surface area contributed by atoms with Gasteiger partial charge in [-0.25, -0.2) is 4.79 Å². The summed E-state index contributed by atoms with van der Waals surface area (Å²) in [6.07, 6.45) is -0.751. The average molecular weight is 131 g/mol. The Morgan fingerprint density at radius 2 is 2.56 bits per heavy atom. The molecule has 3 N–H and O–H groups in total. The fourth-order valence-electron chi connectivity index (χ4n) is 0.692. The molecule has 1 saturated heterocycles. The molecule has 5 nitrogen and oxygen atoms in total. The van der Waals surface area contributed by atoms with Gasteiger partial charge in [0, 0.05) is 13.1 Å². The molecule has 1 aliphatic rings. The van der Waals surface area contributed by atoms with Crippen LogP contribution in [0.25, 0.3) is 0 Å². The number of nitrogens with zero attached hydrogens (tertiary/aromatic N) is 1. The van der Waals surface area contributed by atoms with E-state index in [9.17, 15) is 4.79 Å². The molecule has 0 aromatic heterocycles. The van der Waals surface area contributed by atoms with Crippen LogP contribution in [0.4, 0.5) is 4.79 Å². The number of nitrogens with one attached hydrogen (secondary N) is 1. The van der Waals surface area contributed by atoms with Crippen molar-refractivity contribution in [2.24, 2.45) is 5.73 Å². The summed E-state index contributed by atoms with van der Waals surface area (Å²) in [6.45, 7) is 2.12. The smallest absolute Gasteiger partial charge is 0.350 e. The van der Waals surface area contributed by atoms with Crippen molar-refractivity contribution in [2.75, 3.05) is 19.8 Å². The van der Waals surface area contributed by atoms with Crippen LogP contribution >= 0.6 is 0 Å². The summed E-state index contributed by atoms with van der Waals surface area (Å²) in [4.78, 5) is 14.6. The molecule has 0 saturated carbocycles. The van der Waals surface area contributed by atoms with E-state index in [-0.39, 0.29) is 0 Å². The molecule has 0 aromatic carbocycles. The number of carbonyl (C=O) groups excluding carboxylic acids is 1. The van der Waals surface area contributed by atoms with Gasteiger partial charge in [-0.3, -0.25) is 0 Å². The molecular formula is C4H9N3O2. The lowest BCUT2D eigenvalue weighted by molar-refractivity contribution is -0.0771. The molecule has 0 unspecified atom stereocenters. The number of amides is 1. The quantitative estimate of drug-likeness (QED) is 0.472. The summed E-state index contributed by atoms with van der Waals surface area (Å²) in [6, 6.07) is 0. The molecule has 5 heteroatoms. The van der Waals surface area contributed by atoms with Crippen molar-refractivity contribution in [3.63, 3.8) is 0 Å². The van der Waals surface area contributed by atoms with E-state index in [1.807, 2.05) is 0 Å². The van der Waals surface area contributed by atoms with Gasteiger partial charge in [-0.05, 0) is 0 Å². The SMILES string of the molecule is NC(=O)ON1CCNC1. The standard InChI is InChI=1S/C4H9N3O2/c5-4(8)9-7-2-1-6-3-7/h6H,1-3H2,(H2,5,8). The van der Waals surface area contributed by atoms with E-state index in [4.69, 9.17) is 5.73 Å². The zero-order valence-electron chi connectivity index (χ0n) is 4.96. The number of hydroxylamine groups is 2. The van der Waals surface area contributed by atoms with E-state index in [0.717, 1.165) is 6.54 Å². The predicted octanol–water partition coefficient (Wildman–Crippen LogP) is -1.14. The molecule has 1 fully saturated rings. The summed E-state index contributed by atoms with van der Waals surface area (Å²) < 4.78 is 0. The second kappa shape index (κ2) is 2.65. The van der Waals surface area contributed by atoms with Gasteiger partial charge in [-0.15, -0.1) is 5.06 Å². The highest BCUT2D eigenvalue weighted by Gasteiger charge is 2.12. The van der Waals surface area contributed by atoms with Crippen LogP contribution < -0.4 is 11.1 Å². The zero-order valence-corrected chi connectivity index (χ0v) is 4.96. The maximum Gasteiger partial charge on any atom is 0.423 e. The summed E-state index contributed by atoms with van der Waals surface area (Å²) in [5.74, 6) is 0.